The van der Waals surface area contributed by atoms with E-state index in [1.54, 1.807) is 23.5 Å². The molecule has 1 N–H and O–H groups in total. The van der Waals surface area contributed by atoms with Crippen molar-refractivity contribution in [1.29, 1.82) is 0 Å². The third-order valence-corrected chi connectivity index (χ3v) is 5.81. The molecule has 1 saturated heterocycles. The minimum Gasteiger partial charge on any atom is -0.426 e. The molecule has 0 atom stereocenters. The summed E-state index contributed by atoms with van der Waals surface area (Å²) in [4.78, 5) is 14.2. The van der Waals surface area contributed by atoms with Crippen LogP contribution in [0.25, 0.3) is 5.57 Å². The number of nitrogens with one attached hydrogen (secondary N) is 1. The summed E-state index contributed by atoms with van der Waals surface area (Å²) in [6.07, 6.45) is 13.8. The van der Waals surface area contributed by atoms with E-state index < -0.39 is 0 Å². The zero-order valence-electron chi connectivity index (χ0n) is 18.9. The normalized spacial score (nSPS) is 17.1. The Balaban J connectivity index is 2.26. The molecule has 0 saturated carbocycles. The van der Waals surface area contributed by atoms with E-state index >= 15 is 0 Å². The lowest BCUT2D eigenvalue weighted by Crippen LogP contribution is -2.42. The minimum atomic E-state index is -0.368. The fourth-order valence-corrected chi connectivity index (χ4v) is 4.16. The molecule has 1 aromatic heterocycles. The van der Waals surface area contributed by atoms with Gasteiger partial charge in [-0.15, -0.1) is 0 Å². The first-order chi connectivity index (χ1) is 15.0. The number of nitrogens with zero attached hydrogens (tertiary/aromatic N) is 1. The number of piperidine rings is 1. The summed E-state index contributed by atoms with van der Waals surface area (Å²) < 4.78 is 5.55. The smallest absolute Gasteiger partial charge is 0.308 e. The van der Waals surface area contributed by atoms with Crippen LogP contribution in [-0.2, 0) is 9.53 Å². The van der Waals surface area contributed by atoms with Crippen molar-refractivity contribution < 1.29 is 9.53 Å². The van der Waals surface area contributed by atoms with Crippen LogP contribution in [0.1, 0.15) is 39.2 Å². The summed E-state index contributed by atoms with van der Waals surface area (Å²) >= 11 is 1.63. The van der Waals surface area contributed by atoms with E-state index in [0.29, 0.717) is 11.8 Å². The van der Waals surface area contributed by atoms with Gasteiger partial charge < -0.3 is 10.1 Å². The van der Waals surface area contributed by atoms with Gasteiger partial charge in [0.05, 0.1) is 0 Å². The van der Waals surface area contributed by atoms with Crippen LogP contribution in [0.3, 0.4) is 0 Å². The molecule has 1 aromatic rings. The Hall–Kier alpha value is -2.63. The van der Waals surface area contributed by atoms with Gasteiger partial charge in [0.1, 0.15) is 5.76 Å². The molecule has 31 heavy (non-hydrogen) atoms. The van der Waals surface area contributed by atoms with Gasteiger partial charge >= 0.3 is 5.97 Å². The average molecular weight is 439 g/mol. The number of likely N-dealkylation sites (tertiary alicyclic amines) is 1. The quantitative estimate of drug-likeness (QED) is 0.215. The van der Waals surface area contributed by atoms with E-state index in [9.17, 15) is 4.79 Å². The Morgan fingerprint density at radius 1 is 1.35 bits per heavy atom. The van der Waals surface area contributed by atoms with Crippen molar-refractivity contribution in [2.75, 3.05) is 19.6 Å². The zero-order valence-corrected chi connectivity index (χ0v) is 19.7. The van der Waals surface area contributed by atoms with Crippen LogP contribution in [0.4, 0.5) is 0 Å². The molecule has 166 valence electrons. The monoisotopic (exact) mass is 438 g/mol. The number of hydrogen-bond acceptors (Lipinski definition) is 5. The summed E-state index contributed by atoms with van der Waals surface area (Å²) in [6.45, 7) is 16.6. The lowest BCUT2D eigenvalue weighted by molar-refractivity contribution is -0.136. The van der Waals surface area contributed by atoms with Crippen molar-refractivity contribution in [3.8, 4) is 0 Å². The summed E-state index contributed by atoms with van der Waals surface area (Å²) in [5, 5.41) is 7.77. The lowest BCUT2D eigenvalue weighted by atomic mass is 10.00. The number of thiophene rings is 1. The number of rotatable bonds is 10. The summed E-state index contributed by atoms with van der Waals surface area (Å²) in [7, 11) is 0. The summed E-state index contributed by atoms with van der Waals surface area (Å²) in [5.41, 5.74) is 3.64. The molecule has 1 aliphatic heterocycles. The van der Waals surface area contributed by atoms with Crippen LogP contribution in [0, 0.1) is 0 Å². The second-order valence-corrected chi connectivity index (χ2v) is 8.23. The Morgan fingerprint density at radius 3 is 2.65 bits per heavy atom. The number of ether oxygens (including phenoxy) is 1. The van der Waals surface area contributed by atoms with Gasteiger partial charge in [0, 0.05) is 43.9 Å². The molecule has 1 aliphatic rings. The Kier molecular flexibility index (Phi) is 10.3. The van der Waals surface area contributed by atoms with Gasteiger partial charge in [-0.1, -0.05) is 37.5 Å². The van der Waals surface area contributed by atoms with Gasteiger partial charge in [0.15, 0.2) is 0 Å². The molecule has 1 fully saturated rings. The number of allylic oxidation sites excluding steroid dienone is 6. The Bertz CT molecular complexity index is 867. The number of hydrogen-bond donors (Lipinski definition) is 1. The van der Waals surface area contributed by atoms with E-state index in [2.05, 4.69) is 47.8 Å². The van der Waals surface area contributed by atoms with E-state index in [-0.39, 0.29) is 5.97 Å². The maximum Gasteiger partial charge on any atom is 0.308 e. The zero-order chi connectivity index (χ0) is 22.6. The maximum atomic E-state index is 11.8. The van der Waals surface area contributed by atoms with Crippen molar-refractivity contribution >= 4 is 22.9 Å². The highest BCUT2D eigenvalue weighted by Crippen LogP contribution is 2.27. The van der Waals surface area contributed by atoms with Crippen LogP contribution >= 0.6 is 11.3 Å². The fraction of sp³-hybridized carbons (Fsp3) is 0.346. The van der Waals surface area contributed by atoms with Gasteiger partial charge in [0.25, 0.3) is 0 Å². The molecule has 2 rings (SSSR count). The number of esters is 1. The van der Waals surface area contributed by atoms with E-state index in [1.165, 1.54) is 6.92 Å². The largest absolute Gasteiger partial charge is 0.426 e. The predicted octanol–water partition coefficient (Wildman–Crippen LogP) is 5.85. The van der Waals surface area contributed by atoms with Crippen LogP contribution in [-0.4, -0.2) is 36.5 Å². The standard InChI is InChI=1S/C26H34N2O2S/c1-6-9-14-28-15-11-23(12-16-28)27-25(8-3)24(26(10-7-2)30-21(5)29)18-20(4)22-13-17-31-19-22/h6-10,13,17-19,23,27H,2,4,11-12,14-16H2,1,3,5H3/b9-6+,24-18-,25-8+,26-10+. The van der Waals surface area contributed by atoms with Crippen molar-refractivity contribution in [2.24, 2.45) is 0 Å². The molecule has 0 spiro atoms. The number of carbonyl (C=O) groups is 1. The maximum absolute atomic E-state index is 11.8. The molecule has 0 unspecified atom stereocenters. The molecular weight excluding hydrogens is 404 g/mol. The third kappa shape index (κ3) is 7.85. The second kappa shape index (κ2) is 12.9. The first-order valence-electron chi connectivity index (χ1n) is 10.7. The van der Waals surface area contributed by atoms with Crippen molar-refractivity contribution in [2.45, 2.75) is 39.7 Å². The highest BCUT2D eigenvalue weighted by molar-refractivity contribution is 7.08. The summed E-state index contributed by atoms with van der Waals surface area (Å²) in [5.74, 6) is 0.0953. The molecule has 5 heteroatoms. The first-order valence-corrected chi connectivity index (χ1v) is 11.6. The molecule has 0 aliphatic carbocycles. The van der Waals surface area contributed by atoms with Gasteiger partial charge in [-0.3, -0.25) is 9.69 Å². The van der Waals surface area contributed by atoms with E-state index in [1.807, 2.05) is 30.5 Å². The first kappa shape index (κ1) is 24.6. The summed E-state index contributed by atoms with van der Waals surface area (Å²) in [6, 6.07) is 2.39. The van der Waals surface area contributed by atoms with Gasteiger partial charge in [0.2, 0.25) is 0 Å². The van der Waals surface area contributed by atoms with Crippen molar-refractivity contribution in [1.82, 2.24) is 10.2 Å². The van der Waals surface area contributed by atoms with E-state index in [4.69, 9.17) is 4.74 Å². The van der Waals surface area contributed by atoms with Gasteiger partial charge in [-0.05, 0) is 66.8 Å². The van der Waals surface area contributed by atoms with Crippen LogP contribution in [0.5, 0.6) is 0 Å². The molecule has 0 aromatic carbocycles. The van der Waals surface area contributed by atoms with Crippen molar-refractivity contribution in [3.05, 3.63) is 89.0 Å². The van der Waals surface area contributed by atoms with E-state index in [0.717, 1.165) is 54.9 Å². The van der Waals surface area contributed by atoms with Crippen LogP contribution in [0.15, 0.2) is 83.5 Å². The van der Waals surface area contributed by atoms with Crippen LogP contribution < -0.4 is 5.32 Å². The fourth-order valence-electron chi connectivity index (χ4n) is 3.48. The Labute approximate surface area is 191 Å². The SMILES string of the molecule is C=C\C=C(OC(C)=O)/C(=C\C(=C)c1ccsc1)C(=C\C)/NC1CCN(C/C=C/C)CC1. The third-order valence-electron chi connectivity index (χ3n) is 5.12. The van der Waals surface area contributed by atoms with Crippen molar-refractivity contribution in [3.63, 3.8) is 0 Å². The number of carbonyl (C=O) groups excluding carboxylic acids is 1. The topological polar surface area (TPSA) is 41.6 Å². The minimum absolute atomic E-state index is 0.355. The molecule has 0 bridgehead atoms. The average Bonchev–Trinajstić information content (AvgIpc) is 3.30. The van der Waals surface area contributed by atoms with Gasteiger partial charge in [-0.2, -0.15) is 11.3 Å². The predicted molar refractivity (Wildman–Crippen MR) is 133 cm³/mol. The van der Waals surface area contributed by atoms with Gasteiger partial charge in [-0.25, -0.2) is 0 Å². The molecule has 2 heterocycles. The molecule has 4 nitrogen and oxygen atoms in total. The highest BCUT2D eigenvalue weighted by atomic mass is 32.1. The molecule has 0 radical (unpaired) electrons. The highest BCUT2D eigenvalue weighted by Gasteiger charge is 2.22. The lowest BCUT2D eigenvalue weighted by Gasteiger charge is -2.33. The molecule has 0 amide bonds. The Morgan fingerprint density at radius 2 is 2.10 bits per heavy atom. The second-order valence-electron chi connectivity index (χ2n) is 7.45. The molecular formula is C26H34N2O2S. The van der Waals surface area contributed by atoms with Crippen LogP contribution in [0.2, 0.25) is 0 Å².